The summed E-state index contributed by atoms with van der Waals surface area (Å²) in [5.74, 6) is -0.521. The SMILES string of the molecule is CCN(CC(=O)NC(C)C)CC(=O)N(C)Cc1ccc(OC)c(F)c1. The summed E-state index contributed by atoms with van der Waals surface area (Å²) in [7, 11) is 3.06. The molecule has 0 radical (unpaired) electrons. The van der Waals surface area contributed by atoms with E-state index in [0.717, 1.165) is 0 Å². The molecule has 0 atom stereocenters. The molecule has 1 aromatic rings. The molecule has 0 aliphatic rings. The highest BCUT2D eigenvalue weighted by atomic mass is 19.1. The second-order valence-corrected chi connectivity index (χ2v) is 6.24. The van der Waals surface area contributed by atoms with Gasteiger partial charge in [-0.25, -0.2) is 4.39 Å². The first-order chi connectivity index (χ1) is 11.8. The summed E-state index contributed by atoms with van der Waals surface area (Å²) in [4.78, 5) is 27.5. The van der Waals surface area contributed by atoms with Gasteiger partial charge in [-0.05, 0) is 38.1 Å². The Morgan fingerprint density at radius 3 is 2.48 bits per heavy atom. The highest BCUT2D eigenvalue weighted by Crippen LogP contribution is 2.18. The van der Waals surface area contributed by atoms with Crippen molar-refractivity contribution in [3.05, 3.63) is 29.6 Å². The van der Waals surface area contributed by atoms with Crippen LogP contribution in [0.25, 0.3) is 0 Å². The van der Waals surface area contributed by atoms with Crippen LogP contribution < -0.4 is 10.1 Å². The van der Waals surface area contributed by atoms with Crippen LogP contribution in [0.2, 0.25) is 0 Å². The van der Waals surface area contributed by atoms with E-state index in [9.17, 15) is 14.0 Å². The number of methoxy groups -OCH3 is 1. The predicted octanol–water partition coefficient (Wildman–Crippen LogP) is 1.64. The van der Waals surface area contributed by atoms with E-state index in [1.165, 1.54) is 24.1 Å². The number of carbonyl (C=O) groups is 2. The Morgan fingerprint density at radius 2 is 1.96 bits per heavy atom. The van der Waals surface area contributed by atoms with E-state index >= 15 is 0 Å². The lowest BCUT2D eigenvalue weighted by atomic mass is 10.2. The molecule has 7 heteroatoms. The van der Waals surface area contributed by atoms with Crippen molar-refractivity contribution < 1.29 is 18.7 Å². The van der Waals surface area contributed by atoms with E-state index in [0.29, 0.717) is 12.1 Å². The quantitative estimate of drug-likeness (QED) is 0.733. The van der Waals surface area contributed by atoms with Gasteiger partial charge in [-0.3, -0.25) is 14.5 Å². The standard InChI is InChI=1S/C18H28FN3O3/c1-6-22(11-17(23)20-13(2)3)12-18(24)21(4)10-14-7-8-16(25-5)15(19)9-14/h7-9,13H,6,10-12H2,1-5H3,(H,20,23). The molecule has 1 aromatic carbocycles. The Hall–Kier alpha value is -2.15. The lowest BCUT2D eigenvalue weighted by Crippen LogP contribution is -2.44. The first-order valence-electron chi connectivity index (χ1n) is 8.34. The largest absolute Gasteiger partial charge is 0.494 e. The van der Waals surface area contributed by atoms with Gasteiger partial charge in [0.2, 0.25) is 11.8 Å². The average molecular weight is 353 g/mol. The molecule has 25 heavy (non-hydrogen) atoms. The van der Waals surface area contributed by atoms with Gasteiger partial charge in [0.05, 0.1) is 20.2 Å². The van der Waals surface area contributed by atoms with E-state index in [2.05, 4.69) is 5.32 Å². The monoisotopic (exact) mass is 353 g/mol. The molecular weight excluding hydrogens is 325 g/mol. The topological polar surface area (TPSA) is 61.9 Å². The molecular formula is C18H28FN3O3. The third-order valence-corrected chi connectivity index (χ3v) is 3.68. The summed E-state index contributed by atoms with van der Waals surface area (Å²) < 4.78 is 18.6. The van der Waals surface area contributed by atoms with Gasteiger partial charge in [-0.15, -0.1) is 0 Å². The van der Waals surface area contributed by atoms with Crippen LogP contribution in [0.5, 0.6) is 5.75 Å². The van der Waals surface area contributed by atoms with Crippen molar-refractivity contribution in [2.45, 2.75) is 33.4 Å². The number of halogens is 1. The molecule has 1 rings (SSSR count). The number of benzene rings is 1. The second kappa shape index (κ2) is 9.98. The fourth-order valence-corrected chi connectivity index (χ4v) is 2.33. The maximum Gasteiger partial charge on any atom is 0.236 e. The zero-order valence-corrected chi connectivity index (χ0v) is 15.6. The molecule has 0 saturated heterocycles. The molecule has 140 valence electrons. The van der Waals surface area contributed by atoms with Crippen molar-refractivity contribution in [3.8, 4) is 5.75 Å². The van der Waals surface area contributed by atoms with Crippen LogP contribution in [-0.4, -0.2) is 61.4 Å². The summed E-state index contributed by atoms with van der Waals surface area (Å²) in [6.45, 7) is 6.86. The van der Waals surface area contributed by atoms with Crippen LogP contribution in [-0.2, 0) is 16.1 Å². The van der Waals surface area contributed by atoms with Gasteiger partial charge in [0.15, 0.2) is 11.6 Å². The Morgan fingerprint density at radius 1 is 1.28 bits per heavy atom. The first-order valence-corrected chi connectivity index (χ1v) is 8.34. The van der Waals surface area contributed by atoms with Crippen LogP contribution in [0.1, 0.15) is 26.3 Å². The molecule has 0 aliphatic carbocycles. The normalized spacial score (nSPS) is 10.9. The Labute approximate surface area is 148 Å². The molecule has 0 aliphatic heterocycles. The van der Waals surface area contributed by atoms with Gasteiger partial charge in [-0.1, -0.05) is 13.0 Å². The minimum atomic E-state index is -0.457. The molecule has 6 nitrogen and oxygen atoms in total. The van der Waals surface area contributed by atoms with E-state index < -0.39 is 5.82 Å². The molecule has 0 unspecified atom stereocenters. The molecule has 0 saturated carbocycles. The summed E-state index contributed by atoms with van der Waals surface area (Å²) in [6, 6.07) is 4.68. The smallest absolute Gasteiger partial charge is 0.236 e. The summed E-state index contributed by atoms with van der Waals surface area (Å²) >= 11 is 0. The number of hydrogen-bond acceptors (Lipinski definition) is 4. The van der Waals surface area contributed by atoms with Crippen LogP contribution in [0.3, 0.4) is 0 Å². The van der Waals surface area contributed by atoms with Gasteiger partial charge < -0.3 is 15.0 Å². The van der Waals surface area contributed by atoms with Crippen LogP contribution in [0, 0.1) is 5.82 Å². The summed E-state index contributed by atoms with van der Waals surface area (Å²) in [6.07, 6.45) is 0. The number of rotatable bonds is 9. The molecule has 0 fully saturated rings. The molecule has 2 amide bonds. The minimum absolute atomic E-state index is 0.0644. The van der Waals surface area contributed by atoms with E-state index in [1.54, 1.807) is 18.0 Å². The van der Waals surface area contributed by atoms with E-state index in [-0.39, 0.29) is 43.2 Å². The fourth-order valence-electron chi connectivity index (χ4n) is 2.33. The van der Waals surface area contributed by atoms with Crippen molar-refractivity contribution >= 4 is 11.8 Å². The van der Waals surface area contributed by atoms with E-state index in [1.807, 2.05) is 20.8 Å². The number of nitrogens with zero attached hydrogens (tertiary/aromatic N) is 2. The van der Waals surface area contributed by atoms with Crippen LogP contribution in [0.15, 0.2) is 18.2 Å². The number of hydrogen-bond donors (Lipinski definition) is 1. The zero-order chi connectivity index (χ0) is 19.0. The number of nitrogens with one attached hydrogen (secondary N) is 1. The third-order valence-electron chi connectivity index (χ3n) is 3.68. The van der Waals surface area contributed by atoms with Crippen molar-refractivity contribution in [1.82, 2.24) is 15.1 Å². The Kier molecular flexibility index (Phi) is 8.34. The zero-order valence-electron chi connectivity index (χ0n) is 15.6. The highest BCUT2D eigenvalue weighted by Gasteiger charge is 2.17. The number of likely N-dealkylation sites (N-methyl/N-ethyl adjacent to an activating group) is 2. The van der Waals surface area contributed by atoms with Gasteiger partial charge >= 0.3 is 0 Å². The number of ether oxygens (including phenoxy) is 1. The summed E-state index contributed by atoms with van der Waals surface area (Å²) in [5.41, 5.74) is 0.676. The van der Waals surface area contributed by atoms with E-state index in [4.69, 9.17) is 4.74 Å². The first kappa shape index (κ1) is 20.9. The van der Waals surface area contributed by atoms with Gasteiger partial charge in [0.25, 0.3) is 0 Å². The molecule has 0 aromatic heterocycles. The van der Waals surface area contributed by atoms with Crippen LogP contribution >= 0.6 is 0 Å². The minimum Gasteiger partial charge on any atom is -0.494 e. The Balaban J connectivity index is 2.59. The van der Waals surface area contributed by atoms with Crippen molar-refractivity contribution in [1.29, 1.82) is 0 Å². The van der Waals surface area contributed by atoms with Crippen molar-refractivity contribution in [3.63, 3.8) is 0 Å². The average Bonchev–Trinajstić information content (AvgIpc) is 2.53. The molecule has 0 heterocycles. The Bertz CT molecular complexity index is 593. The maximum atomic E-state index is 13.7. The highest BCUT2D eigenvalue weighted by molar-refractivity contribution is 5.81. The van der Waals surface area contributed by atoms with Gasteiger partial charge in [-0.2, -0.15) is 0 Å². The number of amides is 2. The molecule has 0 spiro atoms. The van der Waals surface area contributed by atoms with Gasteiger partial charge in [0.1, 0.15) is 0 Å². The maximum absolute atomic E-state index is 13.7. The fraction of sp³-hybridized carbons (Fsp3) is 0.556. The van der Waals surface area contributed by atoms with Crippen molar-refractivity contribution in [2.24, 2.45) is 0 Å². The molecule has 0 bridgehead atoms. The van der Waals surface area contributed by atoms with Gasteiger partial charge in [0, 0.05) is 19.6 Å². The summed E-state index contributed by atoms with van der Waals surface area (Å²) in [5, 5.41) is 2.81. The lowest BCUT2D eigenvalue weighted by Gasteiger charge is -2.24. The molecule has 1 N–H and O–H groups in total. The van der Waals surface area contributed by atoms with Crippen LogP contribution in [0.4, 0.5) is 4.39 Å². The second-order valence-electron chi connectivity index (χ2n) is 6.24. The number of carbonyl (C=O) groups excluding carboxylic acids is 2. The lowest BCUT2D eigenvalue weighted by molar-refractivity contribution is -0.132. The van der Waals surface area contributed by atoms with Crippen molar-refractivity contribution in [2.75, 3.05) is 33.8 Å². The third kappa shape index (κ3) is 7.09. The predicted molar refractivity (Wildman–Crippen MR) is 94.8 cm³/mol.